The molecule has 0 amide bonds. The number of rotatable bonds is 2. The first kappa shape index (κ1) is 14.2. The Morgan fingerprint density at radius 2 is 2.00 bits per heavy atom. The summed E-state index contributed by atoms with van der Waals surface area (Å²) < 4.78 is 0.0644. The van der Waals surface area contributed by atoms with E-state index in [-0.39, 0.29) is 10.7 Å². The van der Waals surface area contributed by atoms with Crippen LogP contribution in [0.4, 0.5) is 0 Å². The molecule has 2 heteroatoms. The third-order valence-corrected chi connectivity index (χ3v) is 6.42. The quantitative estimate of drug-likeness (QED) is 0.676. The minimum Gasteiger partial charge on any atom is -0.294 e. The molecular formula is C18H24OS. The predicted molar refractivity (Wildman–Crippen MR) is 87.0 cm³/mol. The Morgan fingerprint density at radius 1 is 1.25 bits per heavy atom. The van der Waals surface area contributed by atoms with Crippen LogP contribution in [0.15, 0.2) is 34.4 Å². The van der Waals surface area contributed by atoms with E-state index in [9.17, 15) is 4.79 Å². The van der Waals surface area contributed by atoms with Gasteiger partial charge in [-0.3, -0.25) is 4.79 Å². The van der Waals surface area contributed by atoms with Crippen molar-refractivity contribution in [1.29, 1.82) is 0 Å². The molecular weight excluding hydrogens is 264 g/mol. The van der Waals surface area contributed by atoms with Crippen molar-refractivity contribution in [2.24, 2.45) is 5.92 Å². The van der Waals surface area contributed by atoms with Gasteiger partial charge in [0.2, 0.25) is 0 Å². The zero-order valence-corrected chi connectivity index (χ0v) is 13.8. The molecule has 20 heavy (non-hydrogen) atoms. The van der Waals surface area contributed by atoms with Gasteiger partial charge >= 0.3 is 0 Å². The molecule has 1 nitrogen and oxygen atoms in total. The Bertz CT molecular complexity index is 550. The number of hydrogen-bond donors (Lipinski definition) is 0. The van der Waals surface area contributed by atoms with Crippen molar-refractivity contribution in [2.75, 3.05) is 0 Å². The molecule has 2 atom stereocenters. The molecule has 3 aliphatic carbocycles. The minimum absolute atomic E-state index is 0.0644. The van der Waals surface area contributed by atoms with Crippen LogP contribution in [0.3, 0.4) is 0 Å². The molecule has 0 radical (unpaired) electrons. The molecule has 0 aliphatic heterocycles. The smallest absolute Gasteiger partial charge is 0.164 e. The third-order valence-electron chi connectivity index (χ3n) is 4.85. The number of hydrogen-bond acceptors (Lipinski definition) is 2. The molecule has 0 bridgehead atoms. The highest BCUT2D eigenvalue weighted by Crippen LogP contribution is 2.58. The first-order chi connectivity index (χ1) is 9.44. The topological polar surface area (TPSA) is 17.1 Å². The van der Waals surface area contributed by atoms with Gasteiger partial charge in [-0.2, -0.15) is 0 Å². The van der Waals surface area contributed by atoms with Gasteiger partial charge in [0.25, 0.3) is 0 Å². The lowest BCUT2D eigenvalue weighted by molar-refractivity contribution is -0.118. The number of ketones is 1. The van der Waals surface area contributed by atoms with Crippen molar-refractivity contribution in [3.63, 3.8) is 0 Å². The molecule has 0 aromatic heterocycles. The minimum atomic E-state index is 0.0644. The standard InChI is InChI=1S/C18H24OS/c1-11(2)20-18-10-13(4)6-8-15(18)17(19)14-7-5-12(3)9-16(14)18/h5-6,11,15H,7-10H2,1-4H3/t15-,18+/m0/s1. The fraction of sp³-hybridized carbons (Fsp3) is 0.611. The van der Waals surface area contributed by atoms with Gasteiger partial charge in [-0.25, -0.2) is 0 Å². The van der Waals surface area contributed by atoms with Crippen LogP contribution >= 0.6 is 11.8 Å². The Balaban J connectivity index is 2.08. The predicted octanol–water partition coefficient (Wildman–Crippen LogP) is 4.84. The largest absolute Gasteiger partial charge is 0.294 e. The van der Waals surface area contributed by atoms with E-state index in [1.165, 1.54) is 16.7 Å². The van der Waals surface area contributed by atoms with Crippen molar-refractivity contribution >= 4 is 17.5 Å². The monoisotopic (exact) mass is 288 g/mol. The highest BCUT2D eigenvalue weighted by Gasteiger charge is 2.54. The summed E-state index contributed by atoms with van der Waals surface area (Å²) in [6, 6.07) is 0. The summed E-state index contributed by atoms with van der Waals surface area (Å²) in [7, 11) is 0. The summed E-state index contributed by atoms with van der Waals surface area (Å²) in [5.74, 6) is 0.642. The van der Waals surface area contributed by atoms with Crippen LogP contribution in [-0.2, 0) is 4.79 Å². The fourth-order valence-electron chi connectivity index (χ4n) is 4.09. The molecule has 0 heterocycles. The summed E-state index contributed by atoms with van der Waals surface area (Å²) in [6.45, 7) is 8.96. The maximum absolute atomic E-state index is 12.8. The van der Waals surface area contributed by atoms with Gasteiger partial charge in [-0.1, -0.05) is 37.1 Å². The second-order valence-corrected chi connectivity index (χ2v) is 8.73. The van der Waals surface area contributed by atoms with Crippen LogP contribution in [0, 0.1) is 5.92 Å². The maximum Gasteiger partial charge on any atom is 0.164 e. The number of carbonyl (C=O) groups excluding carboxylic acids is 1. The number of allylic oxidation sites excluding steroid dienone is 5. The van der Waals surface area contributed by atoms with E-state index < -0.39 is 0 Å². The lowest BCUT2D eigenvalue weighted by atomic mass is 9.76. The van der Waals surface area contributed by atoms with Crippen LogP contribution in [0.2, 0.25) is 0 Å². The summed E-state index contributed by atoms with van der Waals surface area (Å²) >= 11 is 2.04. The van der Waals surface area contributed by atoms with Gasteiger partial charge in [-0.15, -0.1) is 11.8 Å². The van der Waals surface area contributed by atoms with Gasteiger partial charge in [-0.05, 0) is 50.4 Å². The summed E-state index contributed by atoms with van der Waals surface area (Å²) in [5, 5.41) is 0.564. The van der Waals surface area contributed by atoms with E-state index in [0.29, 0.717) is 11.0 Å². The van der Waals surface area contributed by atoms with Gasteiger partial charge < -0.3 is 0 Å². The van der Waals surface area contributed by atoms with Gasteiger partial charge in [0.1, 0.15) is 0 Å². The van der Waals surface area contributed by atoms with Crippen LogP contribution in [-0.4, -0.2) is 15.8 Å². The van der Waals surface area contributed by atoms with Crippen molar-refractivity contribution in [2.45, 2.75) is 63.4 Å². The third kappa shape index (κ3) is 2.04. The Morgan fingerprint density at radius 3 is 2.70 bits per heavy atom. The molecule has 0 saturated heterocycles. The van der Waals surface area contributed by atoms with Gasteiger partial charge in [0, 0.05) is 11.5 Å². The molecule has 0 N–H and O–H groups in total. The molecule has 0 saturated carbocycles. The maximum atomic E-state index is 12.8. The molecule has 3 aliphatic rings. The number of carbonyl (C=O) groups is 1. The first-order valence-corrected chi connectivity index (χ1v) is 8.58. The lowest BCUT2D eigenvalue weighted by Gasteiger charge is -2.41. The fourth-order valence-corrected chi connectivity index (χ4v) is 5.95. The summed E-state index contributed by atoms with van der Waals surface area (Å²) in [4.78, 5) is 12.8. The van der Waals surface area contributed by atoms with Crippen molar-refractivity contribution in [1.82, 2.24) is 0 Å². The van der Waals surface area contributed by atoms with Crippen LogP contribution in [0.5, 0.6) is 0 Å². The number of Topliss-reactive ketones (excluding diaryl/α,β-unsaturated/α-hetero) is 1. The number of thioether (sulfide) groups is 1. The Kier molecular flexibility index (Phi) is 3.48. The first-order valence-electron chi connectivity index (χ1n) is 7.70. The molecule has 0 unspecified atom stereocenters. The van der Waals surface area contributed by atoms with E-state index in [0.717, 1.165) is 31.3 Å². The van der Waals surface area contributed by atoms with E-state index in [1.807, 2.05) is 11.8 Å². The van der Waals surface area contributed by atoms with Crippen LogP contribution in [0.25, 0.3) is 0 Å². The van der Waals surface area contributed by atoms with Crippen LogP contribution < -0.4 is 0 Å². The van der Waals surface area contributed by atoms with Crippen LogP contribution in [0.1, 0.15) is 53.4 Å². The lowest BCUT2D eigenvalue weighted by Crippen LogP contribution is -2.39. The normalized spacial score (nSPS) is 33.0. The second kappa shape index (κ2) is 4.91. The average Bonchev–Trinajstić information content (AvgIpc) is 2.58. The van der Waals surface area contributed by atoms with E-state index in [4.69, 9.17) is 0 Å². The van der Waals surface area contributed by atoms with Gasteiger partial charge in [0.05, 0.1) is 4.75 Å². The molecule has 3 rings (SSSR count). The molecule has 0 aromatic carbocycles. The van der Waals surface area contributed by atoms with Crippen molar-refractivity contribution in [3.8, 4) is 0 Å². The van der Waals surface area contributed by atoms with Crippen molar-refractivity contribution < 1.29 is 4.79 Å². The van der Waals surface area contributed by atoms with E-state index in [2.05, 4.69) is 39.8 Å². The van der Waals surface area contributed by atoms with E-state index >= 15 is 0 Å². The SMILES string of the molecule is CC1=CCC2=C(C1)[C@@]1(SC(C)C)CC(C)=CC[C@H]1C2=O. The highest BCUT2D eigenvalue weighted by molar-refractivity contribution is 8.01. The van der Waals surface area contributed by atoms with Crippen molar-refractivity contribution in [3.05, 3.63) is 34.4 Å². The summed E-state index contributed by atoms with van der Waals surface area (Å²) in [6.07, 6.45) is 8.44. The number of fused-ring (bicyclic) bond motifs is 2. The zero-order valence-electron chi connectivity index (χ0n) is 13.0. The van der Waals surface area contributed by atoms with E-state index in [1.54, 1.807) is 0 Å². The molecule has 108 valence electrons. The Hall–Kier alpha value is -0.760. The zero-order chi connectivity index (χ0) is 14.5. The highest BCUT2D eigenvalue weighted by atomic mass is 32.2. The average molecular weight is 288 g/mol. The second-order valence-electron chi connectivity index (χ2n) is 6.82. The molecule has 0 spiro atoms. The molecule has 0 fully saturated rings. The summed E-state index contributed by atoms with van der Waals surface area (Å²) in [5.41, 5.74) is 5.52. The Labute approximate surface area is 126 Å². The molecule has 0 aromatic rings. The van der Waals surface area contributed by atoms with Gasteiger partial charge in [0.15, 0.2) is 5.78 Å².